The molecule has 1 aliphatic heterocycles. The Morgan fingerprint density at radius 1 is 1.50 bits per heavy atom. The predicted octanol–water partition coefficient (Wildman–Crippen LogP) is -0.385. The lowest BCUT2D eigenvalue weighted by atomic mass is 10.1. The highest BCUT2D eigenvalue weighted by Gasteiger charge is 2.16. The first-order valence-electron chi connectivity index (χ1n) is 4.39. The van der Waals surface area contributed by atoms with E-state index >= 15 is 0 Å². The third-order valence-corrected chi connectivity index (χ3v) is 2.31. The topological polar surface area (TPSA) is 53.6 Å². The van der Waals surface area contributed by atoms with Crippen LogP contribution in [0.1, 0.15) is 12.8 Å². The molecule has 0 aromatic carbocycles. The van der Waals surface area contributed by atoms with Crippen molar-refractivity contribution in [2.45, 2.75) is 18.9 Å². The predicted molar refractivity (Wildman–Crippen MR) is 51.2 cm³/mol. The van der Waals surface area contributed by atoms with Crippen LogP contribution in [0.3, 0.4) is 0 Å². The van der Waals surface area contributed by atoms with Gasteiger partial charge in [0, 0.05) is 13.1 Å². The molecule has 0 aromatic rings. The second kappa shape index (κ2) is 4.30. The van der Waals surface area contributed by atoms with Crippen molar-refractivity contribution in [3.05, 3.63) is 0 Å². The third kappa shape index (κ3) is 2.70. The molecule has 0 amide bonds. The number of likely N-dealkylation sites (tertiary alicyclic amines) is 1. The number of hydrogen-bond donors (Lipinski definition) is 2. The van der Waals surface area contributed by atoms with Crippen molar-refractivity contribution < 1.29 is 0 Å². The highest BCUT2D eigenvalue weighted by molar-refractivity contribution is 5.77. The molecule has 0 bridgehead atoms. The molecule has 4 nitrogen and oxygen atoms in total. The summed E-state index contributed by atoms with van der Waals surface area (Å²) in [6.07, 6.45) is 2.32. The summed E-state index contributed by atoms with van der Waals surface area (Å²) in [5, 5.41) is 3.19. The molecule has 3 N–H and O–H groups in total. The van der Waals surface area contributed by atoms with Crippen LogP contribution in [-0.4, -0.2) is 44.1 Å². The molecule has 0 atom stereocenters. The average molecular weight is 170 g/mol. The van der Waals surface area contributed by atoms with Crippen molar-refractivity contribution in [3.63, 3.8) is 0 Å². The molecule has 0 aromatic heterocycles. The van der Waals surface area contributed by atoms with Gasteiger partial charge in [-0.25, -0.2) is 0 Å². The van der Waals surface area contributed by atoms with Crippen molar-refractivity contribution in [2.75, 3.05) is 27.2 Å². The maximum atomic E-state index is 5.56. The fraction of sp³-hybridized carbons (Fsp3) is 0.875. The summed E-state index contributed by atoms with van der Waals surface area (Å²) < 4.78 is 0. The van der Waals surface area contributed by atoms with Gasteiger partial charge in [0.2, 0.25) is 0 Å². The molecular formula is C8H18N4. The van der Waals surface area contributed by atoms with Gasteiger partial charge in [-0.05, 0) is 33.0 Å². The van der Waals surface area contributed by atoms with Gasteiger partial charge in [0.15, 0.2) is 5.96 Å². The summed E-state index contributed by atoms with van der Waals surface area (Å²) in [6.45, 7) is 2.29. The van der Waals surface area contributed by atoms with Crippen LogP contribution < -0.4 is 11.1 Å². The van der Waals surface area contributed by atoms with Crippen LogP contribution in [0.15, 0.2) is 4.99 Å². The van der Waals surface area contributed by atoms with Gasteiger partial charge in [-0.1, -0.05) is 0 Å². The van der Waals surface area contributed by atoms with E-state index in [1.807, 2.05) is 0 Å². The molecule has 1 heterocycles. The normalized spacial score (nSPS) is 22.7. The first kappa shape index (κ1) is 9.32. The van der Waals surface area contributed by atoms with E-state index in [1.54, 1.807) is 7.05 Å². The molecule has 0 unspecified atom stereocenters. The molecule has 1 saturated heterocycles. The van der Waals surface area contributed by atoms with Gasteiger partial charge in [0.25, 0.3) is 0 Å². The van der Waals surface area contributed by atoms with Crippen LogP contribution in [0.4, 0.5) is 0 Å². The van der Waals surface area contributed by atoms with Crippen LogP contribution in [0, 0.1) is 0 Å². The van der Waals surface area contributed by atoms with E-state index in [-0.39, 0.29) is 0 Å². The second-order valence-corrected chi connectivity index (χ2v) is 3.33. The highest BCUT2D eigenvalue weighted by atomic mass is 15.1. The molecular weight excluding hydrogens is 152 g/mol. The summed E-state index contributed by atoms with van der Waals surface area (Å²) in [4.78, 5) is 6.20. The first-order chi connectivity index (χ1) is 5.72. The van der Waals surface area contributed by atoms with E-state index in [0.29, 0.717) is 12.0 Å². The zero-order valence-electron chi connectivity index (χ0n) is 7.88. The van der Waals surface area contributed by atoms with E-state index in [1.165, 1.54) is 0 Å². The number of piperidine rings is 1. The molecule has 0 spiro atoms. The van der Waals surface area contributed by atoms with Gasteiger partial charge in [-0.2, -0.15) is 0 Å². The molecule has 12 heavy (non-hydrogen) atoms. The zero-order chi connectivity index (χ0) is 8.97. The van der Waals surface area contributed by atoms with Gasteiger partial charge >= 0.3 is 0 Å². The van der Waals surface area contributed by atoms with Crippen molar-refractivity contribution >= 4 is 5.96 Å². The number of aliphatic imine (C=N–C) groups is 1. The van der Waals surface area contributed by atoms with E-state index in [2.05, 4.69) is 22.3 Å². The lowest BCUT2D eigenvalue weighted by Gasteiger charge is -2.29. The van der Waals surface area contributed by atoms with Gasteiger partial charge < -0.3 is 16.0 Å². The monoisotopic (exact) mass is 170 g/mol. The van der Waals surface area contributed by atoms with Gasteiger partial charge in [-0.15, -0.1) is 0 Å². The number of nitrogens with two attached hydrogens (primary N) is 1. The summed E-state index contributed by atoms with van der Waals surface area (Å²) in [5.74, 6) is 0.560. The number of nitrogens with one attached hydrogen (secondary N) is 1. The van der Waals surface area contributed by atoms with Crippen LogP contribution >= 0.6 is 0 Å². The molecule has 70 valence electrons. The minimum Gasteiger partial charge on any atom is -0.370 e. The van der Waals surface area contributed by atoms with Crippen molar-refractivity contribution in [2.24, 2.45) is 10.7 Å². The molecule has 0 aliphatic carbocycles. The van der Waals surface area contributed by atoms with Crippen LogP contribution in [0.5, 0.6) is 0 Å². The Labute approximate surface area is 73.8 Å². The van der Waals surface area contributed by atoms with Crippen molar-refractivity contribution in [1.82, 2.24) is 10.2 Å². The van der Waals surface area contributed by atoms with Crippen LogP contribution in [-0.2, 0) is 0 Å². The minimum absolute atomic E-state index is 0.518. The summed E-state index contributed by atoms with van der Waals surface area (Å²) >= 11 is 0. The van der Waals surface area contributed by atoms with E-state index in [4.69, 9.17) is 5.73 Å². The number of hydrogen-bond acceptors (Lipinski definition) is 2. The molecule has 0 radical (unpaired) electrons. The number of guanidine groups is 1. The van der Waals surface area contributed by atoms with Gasteiger partial charge in [-0.3, -0.25) is 4.99 Å². The molecule has 0 saturated carbocycles. The van der Waals surface area contributed by atoms with E-state index < -0.39 is 0 Å². The summed E-state index contributed by atoms with van der Waals surface area (Å²) in [5.41, 5.74) is 5.56. The van der Waals surface area contributed by atoms with Crippen molar-refractivity contribution in [3.8, 4) is 0 Å². The SMILES string of the molecule is CN=C(N)NC1CCN(C)CC1. The zero-order valence-corrected chi connectivity index (χ0v) is 7.88. The van der Waals surface area contributed by atoms with Gasteiger partial charge in [0.05, 0.1) is 0 Å². The fourth-order valence-electron chi connectivity index (χ4n) is 1.43. The first-order valence-corrected chi connectivity index (χ1v) is 4.39. The Morgan fingerprint density at radius 2 is 2.08 bits per heavy atom. The Hall–Kier alpha value is -0.770. The molecule has 1 aliphatic rings. The van der Waals surface area contributed by atoms with E-state index in [9.17, 15) is 0 Å². The molecule has 1 fully saturated rings. The number of rotatable bonds is 1. The minimum atomic E-state index is 0.518. The smallest absolute Gasteiger partial charge is 0.188 e. The summed E-state index contributed by atoms with van der Waals surface area (Å²) in [7, 11) is 3.85. The van der Waals surface area contributed by atoms with Gasteiger partial charge in [0.1, 0.15) is 0 Å². The van der Waals surface area contributed by atoms with Crippen molar-refractivity contribution in [1.29, 1.82) is 0 Å². The Morgan fingerprint density at radius 3 is 2.58 bits per heavy atom. The molecule has 4 heteroatoms. The fourth-order valence-corrected chi connectivity index (χ4v) is 1.43. The second-order valence-electron chi connectivity index (χ2n) is 3.33. The standard InChI is InChI=1S/C8H18N4/c1-10-8(9)11-7-3-5-12(2)6-4-7/h7H,3-6H2,1-2H3,(H3,9,10,11). The largest absolute Gasteiger partial charge is 0.370 e. The quantitative estimate of drug-likeness (QED) is 0.416. The number of nitrogens with zero attached hydrogens (tertiary/aromatic N) is 2. The van der Waals surface area contributed by atoms with Crippen LogP contribution in [0.2, 0.25) is 0 Å². The van der Waals surface area contributed by atoms with Crippen LogP contribution in [0.25, 0.3) is 0 Å². The van der Waals surface area contributed by atoms with E-state index in [0.717, 1.165) is 25.9 Å². The Balaban J connectivity index is 2.26. The maximum absolute atomic E-state index is 5.56. The summed E-state index contributed by atoms with van der Waals surface area (Å²) in [6, 6.07) is 0.518. The highest BCUT2D eigenvalue weighted by Crippen LogP contribution is 2.07. The Bertz CT molecular complexity index is 158. The third-order valence-electron chi connectivity index (χ3n) is 2.31. The lowest BCUT2D eigenvalue weighted by molar-refractivity contribution is 0.246. The lowest BCUT2D eigenvalue weighted by Crippen LogP contribution is -2.46. The Kier molecular flexibility index (Phi) is 3.34. The maximum Gasteiger partial charge on any atom is 0.188 e. The average Bonchev–Trinajstić information content (AvgIpc) is 2.09. The molecule has 1 rings (SSSR count).